The van der Waals surface area contributed by atoms with Crippen LogP contribution in [0.5, 0.6) is 0 Å². The minimum absolute atomic E-state index is 0.0351. The topological polar surface area (TPSA) is 78.0 Å². The number of piperazine rings is 1. The van der Waals surface area contributed by atoms with Crippen LogP contribution in [0.1, 0.15) is 66.8 Å². The zero-order chi connectivity index (χ0) is 22.3. The van der Waals surface area contributed by atoms with Gasteiger partial charge in [-0.15, -0.1) is 0 Å². The second kappa shape index (κ2) is 7.98. The van der Waals surface area contributed by atoms with Crippen LogP contribution < -0.4 is 0 Å². The molecule has 2 aliphatic rings. The van der Waals surface area contributed by atoms with Crippen molar-refractivity contribution >= 4 is 23.6 Å². The molecule has 0 aromatic heterocycles. The lowest BCUT2D eigenvalue weighted by Gasteiger charge is -2.35. The smallest absolute Gasteiger partial charge is 0.261 e. The van der Waals surface area contributed by atoms with Gasteiger partial charge in [-0.25, -0.2) is 0 Å². The van der Waals surface area contributed by atoms with E-state index < -0.39 is 5.91 Å². The Kier molecular flexibility index (Phi) is 5.35. The van der Waals surface area contributed by atoms with E-state index in [1.807, 2.05) is 24.3 Å². The Balaban J connectivity index is 1.41. The highest BCUT2D eigenvalue weighted by molar-refractivity contribution is 6.21. The van der Waals surface area contributed by atoms with Crippen LogP contribution in [-0.4, -0.2) is 71.6 Å². The Bertz CT molecular complexity index is 1070. The normalized spacial score (nSPS) is 16.2. The number of carbonyl (C=O) groups excluding carboxylic acids is 4. The van der Waals surface area contributed by atoms with Gasteiger partial charge >= 0.3 is 0 Å². The highest BCUT2D eigenvalue weighted by Gasteiger charge is 2.34. The fourth-order valence-corrected chi connectivity index (χ4v) is 3.98. The number of hydrogen-bond donors (Lipinski definition) is 0. The zero-order valence-corrected chi connectivity index (χ0v) is 17.9. The number of benzene rings is 2. The summed E-state index contributed by atoms with van der Waals surface area (Å²) < 4.78 is 0. The third kappa shape index (κ3) is 3.71. The quantitative estimate of drug-likeness (QED) is 0.717. The summed E-state index contributed by atoms with van der Waals surface area (Å²) in [6.07, 6.45) is 0. The molecule has 0 unspecified atom stereocenters. The second-order valence-electron chi connectivity index (χ2n) is 8.29. The van der Waals surface area contributed by atoms with Crippen molar-refractivity contribution in [1.29, 1.82) is 0 Å². The van der Waals surface area contributed by atoms with Gasteiger partial charge in [-0.3, -0.25) is 24.1 Å². The molecule has 2 aliphatic heterocycles. The van der Waals surface area contributed by atoms with Gasteiger partial charge in [-0.05, 0) is 41.8 Å². The van der Waals surface area contributed by atoms with Crippen molar-refractivity contribution in [3.8, 4) is 0 Å². The molecule has 160 valence electrons. The largest absolute Gasteiger partial charge is 0.335 e. The van der Waals surface area contributed by atoms with E-state index in [0.717, 1.165) is 4.90 Å². The van der Waals surface area contributed by atoms with Gasteiger partial charge in [0.15, 0.2) is 0 Å². The first-order chi connectivity index (χ1) is 14.8. The van der Waals surface area contributed by atoms with E-state index in [1.165, 1.54) is 24.7 Å². The van der Waals surface area contributed by atoms with Gasteiger partial charge < -0.3 is 9.80 Å². The van der Waals surface area contributed by atoms with E-state index in [0.29, 0.717) is 48.8 Å². The summed E-state index contributed by atoms with van der Waals surface area (Å²) >= 11 is 0. The van der Waals surface area contributed by atoms with Crippen LogP contribution in [-0.2, 0) is 0 Å². The molecule has 0 radical (unpaired) electrons. The summed E-state index contributed by atoms with van der Waals surface area (Å²) in [5, 5.41) is 0. The lowest BCUT2D eigenvalue weighted by Crippen LogP contribution is -2.50. The van der Waals surface area contributed by atoms with Crippen LogP contribution in [0.25, 0.3) is 0 Å². The number of amides is 4. The van der Waals surface area contributed by atoms with E-state index in [1.54, 1.807) is 15.9 Å². The molecule has 1 fully saturated rings. The van der Waals surface area contributed by atoms with Crippen LogP contribution in [0.3, 0.4) is 0 Å². The monoisotopic (exact) mass is 419 g/mol. The van der Waals surface area contributed by atoms with E-state index in [4.69, 9.17) is 0 Å². The standard InChI is InChI=1S/C24H25N3O4/c1-15(2)16-4-6-17(7-5-16)21(28)26-10-12-27(13-11-26)22(29)18-8-9-19-20(14-18)24(31)25(3)23(19)30/h4-9,14-15H,10-13H2,1-3H3. The molecule has 7 nitrogen and oxygen atoms in total. The average molecular weight is 419 g/mol. The van der Waals surface area contributed by atoms with Crippen molar-refractivity contribution in [2.75, 3.05) is 33.2 Å². The second-order valence-corrected chi connectivity index (χ2v) is 8.29. The van der Waals surface area contributed by atoms with Crippen molar-refractivity contribution in [2.24, 2.45) is 0 Å². The predicted octanol–water partition coefficient (Wildman–Crippen LogP) is 2.63. The Morgan fingerprint density at radius 2 is 1.23 bits per heavy atom. The molecule has 7 heteroatoms. The minimum Gasteiger partial charge on any atom is -0.335 e. The van der Waals surface area contributed by atoms with Crippen molar-refractivity contribution in [3.63, 3.8) is 0 Å². The number of rotatable bonds is 3. The molecule has 0 bridgehead atoms. The minimum atomic E-state index is -0.395. The molecule has 0 N–H and O–H groups in total. The van der Waals surface area contributed by atoms with Crippen LogP contribution in [0.2, 0.25) is 0 Å². The Morgan fingerprint density at radius 1 is 0.742 bits per heavy atom. The fourth-order valence-electron chi connectivity index (χ4n) is 3.98. The van der Waals surface area contributed by atoms with Crippen molar-refractivity contribution in [3.05, 3.63) is 70.3 Å². The molecule has 1 saturated heterocycles. The number of nitrogens with zero attached hydrogens (tertiary/aromatic N) is 3. The number of fused-ring (bicyclic) bond motifs is 1. The van der Waals surface area contributed by atoms with E-state index in [2.05, 4.69) is 13.8 Å². The summed E-state index contributed by atoms with van der Waals surface area (Å²) in [6, 6.07) is 12.3. The Hall–Kier alpha value is -3.48. The summed E-state index contributed by atoms with van der Waals surface area (Å²) in [7, 11) is 1.43. The number of hydrogen-bond acceptors (Lipinski definition) is 4. The fraction of sp³-hybridized carbons (Fsp3) is 0.333. The maximum absolute atomic E-state index is 12.9. The predicted molar refractivity (Wildman–Crippen MR) is 115 cm³/mol. The molecule has 4 amide bonds. The number of carbonyl (C=O) groups is 4. The van der Waals surface area contributed by atoms with Gasteiger partial charge in [0.05, 0.1) is 11.1 Å². The van der Waals surface area contributed by atoms with E-state index >= 15 is 0 Å². The van der Waals surface area contributed by atoms with Crippen molar-refractivity contribution < 1.29 is 19.2 Å². The lowest BCUT2D eigenvalue weighted by atomic mass is 10.0. The molecule has 31 heavy (non-hydrogen) atoms. The zero-order valence-electron chi connectivity index (χ0n) is 17.9. The van der Waals surface area contributed by atoms with Gasteiger partial charge in [0.25, 0.3) is 23.6 Å². The first-order valence-electron chi connectivity index (χ1n) is 10.4. The third-order valence-electron chi connectivity index (χ3n) is 6.02. The van der Waals surface area contributed by atoms with E-state index in [9.17, 15) is 19.2 Å². The van der Waals surface area contributed by atoms with Crippen LogP contribution in [0.15, 0.2) is 42.5 Å². The number of imide groups is 1. The Labute approximate surface area is 181 Å². The highest BCUT2D eigenvalue weighted by Crippen LogP contribution is 2.24. The van der Waals surface area contributed by atoms with Gasteiger partial charge in [0.2, 0.25) is 0 Å². The van der Waals surface area contributed by atoms with Crippen LogP contribution in [0, 0.1) is 0 Å². The van der Waals surface area contributed by atoms with Crippen LogP contribution in [0.4, 0.5) is 0 Å². The highest BCUT2D eigenvalue weighted by atomic mass is 16.2. The molecule has 0 spiro atoms. The molecule has 0 aliphatic carbocycles. The summed E-state index contributed by atoms with van der Waals surface area (Å²) in [5.74, 6) is -0.578. The molecule has 4 rings (SSSR count). The van der Waals surface area contributed by atoms with Gasteiger partial charge in [-0.2, -0.15) is 0 Å². The van der Waals surface area contributed by atoms with Crippen LogP contribution >= 0.6 is 0 Å². The maximum Gasteiger partial charge on any atom is 0.261 e. The molecular weight excluding hydrogens is 394 g/mol. The van der Waals surface area contributed by atoms with Gasteiger partial charge in [0, 0.05) is 44.4 Å². The molecule has 2 heterocycles. The Morgan fingerprint density at radius 3 is 1.77 bits per heavy atom. The first-order valence-corrected chi connectivity index (χ1v) is 10.4. The average Bonchev–Trinajstić information content (AvgIpc) is 3.01. The van der Waals surface area contributed by atoms with Gasteiger partial charge in [-0.1, -0.05) is 26.0 Å². The molecule has 2 aromatic rings. The third-order valence-corrected chi connectivity index (χ3v) is 6.02. The molecule has 0 saturated carbocycles. The lowest BCUT2D eigenvalue weighted by molar-refractivity contribution is 0.0535. The molecular formula is C24H25N3O4. The van der Waals surface area contributed by atoms with E-state index in [-0.39, 0.29) is 23.3 Å². The SMILES string of the molecule is CC(C)c1ccc(C(=O)N2CCN(C(=O)c3ccc4c(c3)C(=O)N(C)C4=O)CC2)cc1. The first kappa shape index (κ1) is 20.8. The van der Waals surface area contributed by atoms with Crippen molar-refractivity contribution in [2.45, 2.75) is 19.8 Å². The molecule has 2 aromatic carbocycles. The van der Waals surface area contributed by atoms with Crippen molar-refractivity contribution in [1.82, 2.24) is 14.7 Å². The molecule has 0 atom stereocenters. The van der Waals surface area contributed by atoms with Gasteiger partial charge in [0.1, 0.15) is 0 Å². The summed E-state index contributed by atoms with van der Waals surface area (Å²) in [5.41, 5.74) is 2.79. The summed E-state index contributed by atoms with van der Waals surface area (Å²) in [6.45, 7) is 5.94. The summed E-state index contributed by atoms with van der Waals surface area (Å²) in [4.78, 5) is 54.5. The maximum atomic E-state index is 12.9.